The van der Waals surface area contributed by atoms with Gasteiger partial charge in [-0.1, -0.05) is 0 Å². The van der Waals surface area contributed by atoms with Crippen molar-refractivity contribution in [3.05, 3.63) is 32.9 Å². The zero-order chi connectivity index (χ0) is 14.7. The van der Waals surface area contributed by atoms with E-state index in [0.717, 1.165) is 13.1 Å². The first-order valence-electron chi connectivity index (χ1n) is 6.06. The molecule has 0 radical (unpaired) electrons. The Bertz CT molecular complexity index is 602. The highest BCUT2D eigenvalue weighted by molar-refractivity contribution is 8.18. The summed E-state index contributed by atoms with van der Waals surface area (Å²) < 4.78 is 5.00. The van der Waals surface area contributed by atoms with E-state index in [2.05, 4.69) is 4.99 Å². The molecule has 0 aromatic carbocycles. The lowest BCUT2D eigenvalue weighted by Crippen LogP contribution is -2.26. The Kier molecular flexibility index (Phi) is 4.23. The summed E-state index contributed by atoms with van der Waals surface area (Å²) in [5.41, 5.74) is 0. The summed E-state index contributed by atoms with van der Waals surface area (Å²) in [5.74, 6) is -0.434. The fourth-order valence-corrected chi connectivity index (χ4v) is 2.70. The summed E-state index contributed by atoms with van der Waals surface area (Å²) in [4.78, 5) is 28.0. The van der Waals surface area contributed by atoms with Crippen LogP contribution in [0.4, 0.5) is 5.88 Å². The van der Waals surface area contributed by atoms with Crippen molar-refractivity contribution in [3.63, 3.8) is 0 Å². The second-order valence-corrected chi connectivity index (χ2v) is 4.92. The SMILES string of the molecule is CCN(CC)C1=NC(=O)/C(=C/c2ccc([N+](=O)[O-])o2)S1. The van der Waals surface area contributed by atoms with Gasteiger partial charge < -0.3 is 9.32 Å². The summed E-state index contributed by atoms with van der Waals surface area (Å²) in [6, 6.07) is 2.71. The topological polar surface area (TPSA) is 89.0 Å². The van der Waals surface area contributed by atoms with Crippen LogP contribution in [0.1, 0.15) is 19.6 Å². The molecule has 0 bridgehead atoms. The first kappa shape index (κ1) is 14.3. The van der Waals surface area contributed by atoms with Gasteiger partial charge in [0.1, 0.15) is 10.7 Å². The maximum Gasteiger partial charge on any atom is 0.433 e. The normalized spacial score (nSPS) is 16.6. The lowest BCUT2D eigenvalue weighted by atomic mass is 10.4. The van der Waals surface area contributed by atoms with E-state index in [9.17, 15) is 14.9 Å². The number of rotatable bonds is 4. The Morgan fingerprint density at radius 2 is 2.15 bits per heavy atom. The number of amides is 1. The number of furan rings is 1. The predicted molar refractivity (Wildman–Crippen MR) is 76.3 cm³/mol. The molecule has 1 amide bonds. The van der Waals surface area contributed by atoms with Crippen LogP contribution in [0.5, 0.6) is 0 Å². The van der Waals surface area contributed by atoms with Crippen molar-refractivity contribution in [2.75, 3.05) is 13.1 Å². The molecule has 1 aliphatic heterocycles. The highest BCUT2D eigenvalue weighted by Gasteiger charge is 2.25. The number of nitro groups is 1. The molecule has 1 aromatic rings. The third kappa shape index (κ3) is 2.90. The van der Waals surface area contributed by atoms with Crippen LogP contribution in [-0.2, 0) is 4.79 Å². The molecule has 0 aliphatic carbocycles. The molecule has 2 rings (SSSR count). The summed E-state index contributed by atoms with van der Waals surface area (Å²) in [7, 11) is 0. The van der Waals surface area contributed by atoms with E-state index in [1.165, 1.54) is 30.0 Å². The van der Waals surface area contributed by atoms with E-state index in [4.69, 9.17) is 4.42 Å². The number of carbonyl (C=O) groups excluding carboxylic acids is 1. The minimum absolute atomic E-state index is 0.267. The molecule has 0 fully saturated rings. The van der Waals surface area contributed by atoms with Gasteiger partial charge in [-0.15, -0.1) is 0 Å². The van der Waals surface area contributed by atoms with Crippen LogP contribution in [0.2, 0.25) is 0 Å². The summed E-state index contributed by atoms with van der Waals surface area (Å²) in [6.07, 6.45) is 1.47. The largest absolute Gasteiger partial charge is 0.433 e. The number of carbonyl (C=O) groups is 1. The Morgan fingerprint density at radius 1 is 1.45 bits per heavy atom. The van der Waals surface area contributed by atoms with E-state index in [0.29, 0.717) is 10.1 Å². The molecule has 1 aromatic heterocycles. The van der Waals surface area contributed by atoms with Crippen molar-refractivity contribution >= 4 is 34.8 Å². The van der Waals surface area contributed by atoms with E-state index in [1.54, 1.807) is 0 Å². The number of hydrogen-bond donors (Lipinski definition) is 0. The Hall–Kier alpha value is -2.09. The van der Waals surface area contributed by atoms with Gasteiger partial charge in [-0.25, -0.2) is 0 Å². The van der Waals surface area contributed by atoms with Gasteiger partial charge in [0.25, 0.3) is 5.91 Å². The number of hydrogen-bond acceptors (Lipinski definition) is 6. The fraction of sp³-hybridized carbons (Fsp3) is 0.333. The lowest BCUT2D eigenvalue weighted by molar-refractivity contribution is -0.402. The highest BCUT2D eigenvalue weighted by Crippen LogP contribution is 2.31. The standard InChI is InChI=1S/C12H13N3O4S/c1-3-14(4-2)12-13-11(16)9(20-12)7-8-5-6-10(19-8)15(17)18/h5-7H,3-4H2,1-2H3/b9-7-. The zero-order valence-corrected chi connectivity index (χ0v) is 11.8. The molecule has 20 heavy (non-hydrogen) atoms. The van der Waals surface area contributed by atoms with Crippen molar-refractivity contribution in [1.82, 2.24) is 4.90 Å². The van der Waals surface area contributed by atoms with Crippen molar-refractivity contribution in [2.45, 2.75) is 13.8 Å². The molecule has 2 heterocycles. The van der Waals surface area contributed by atoms with Gasteiger partial charge in [0.2, 0.25) is 0 Å². The van der Waals surface area contributed by atoms with E-state index in [-0.39, 0.29) is 17.6 Å². The number of aliphatic imine (C=N–C) groups is 1. The van der Waals surface area contributed by atoms with Gasteiger partial charge in [-0.05, 0) is 31.7 Å². The van der Waals surface area contributed by atoms with Gasteiger partial charge in [0.05, 0.1) is 11.0 Å². The van der Waals surface area contributed by atoms with Crippen LogP contribution < -0.4 is 0 Å². The molecular weight excluding hydrogens is 282 g/mol. The molecular formula is C12H13N3O4S. The molecule has 0 saturated heterocycles. The first-order valence-corrected chi connectivity index (χ1v) is 6.88. The van der Waals surface area contributed by atoms with E-state index >= 15 is 0 Å². The maximum absolute atomic E-state index is 11.8. The molecule has 106 valence electrons. The second-order valence-electron chi connectivity index (χ2n) is 3.92. The van der Waals surface area contributed by atoms with E-state index < -0.39 is 4.92 Å². The third-order valence-corrected chi connectivity index (χ3v) is 3.75. The molecule has 1 aliphatic rings. The van der Waals surface area contributed by atoms with E-state index in [1.807, 2.05) is 18.7 Å². The van der Waals surface area contributed by atoms with Crippen LogP contribution in [-0.4, -0.2) is 34.0 Å². The number of thioether (sulfide) groups is 1. The van der Waals surface area contributed by atoms with Crippen LogP contribution in [0.15, 0.2) is 26.4 Å². The zero-order valence-electron chi connectivity index (χ0n) is 11.0. The van der Waals surface area contributed by atoms with Crippen LogP contribution in [0.25, 0.3) is 6.08 Å². The minimum Gasteiger partial charge on any atom is -0.401 e. The van der Waals surface area contributed by atoms with Crippen LogP contribution >= 0.6 is 11.8 Å². The smallest absolute Gasteiger partial charge is 0.401 e. The van der Waals surface area contributed by atoms with Crippen molar-refractivity contribution < 1.29 is 14.1 Å². The monoisotopic (exact) mass is 295 g/mol. The minimum atomic E-state index is -0.622. The third-order valence-electron chi connectivity index (χ3n) is 2.71. The highest BCUT2D eigenvalue weighted by atomic mass is 32.2. The number of nitrogens with zero attached hydrogens (tertiary/aromatic N) is 3. The van der Waals surface area contributed by atoms with Gasteiger partial charge in [-0.2, -0.15) is 4.99 Å². The quantitative estimate of drug-likeness (QED) is 0.481. The fourth-order valence-electron chi connectivity index (χ4n) is 1.67. The molecule has 0 saturated carbocycles. The maximum atomic E-state index is 11.8. The van der Waals surface area contributed by atoms with Gasteiger partial charge in [0.15, 0.2) is 5.17 Å². The molecule has 7 nitrogen and oxygen atoms in total. The average Bonchev–Trinajstić information content (AvgIpc) is 3.00. The molecule has 0 atom stereocenters. The Balaban J connectivity index is 2.17. The molecule has 0 spiro atoms. The van der Waals surface area contributed by atoms with Gasteiger partial charge in [-0.3, -0.25) is 14.9 Å². The molecule has 0 N–H and O–H groups in total. The van der Waals surface area contributed by atoms with Crippen LogP contribution in [0.3, 0.4) is 0 Å². The number of amidine groups is 1. The Morgan fingerprint density at radius 3 is 2.70 bits per heavy atom. The van der Waals surface area contributed by atoms with Gasteiger partial charge >= 0.3 is 5.88 Å². The molecule has 8 heteroatoms. The second kappa shape index (κ2) is 5.91. The summed E-state index contributed by atoms with van der Waals surface area (Å²) >= 11 is 1.25. The van der Waals surface area contributed by atoms with Crippen molar-refractivity contribution in [1.29, 1.82) is 0 Å². The lowest BCUT2D eigenvalue weighted by Gasteiger charge is -2.18. The average molecular weight is 295 g/mol. The van der Waals surface area contributed by atoms with Crippen molar-refractivity contribution in [3.8, 4) is 0 Å². The Labute approximate surface area is 119 Å². The first-order chi connectivity index (χ1) is 9.55. The van der Waals surface area contributed by atoms with Gasteiger partial charge in [0, 0.05) is 19.2 Å². The molecule has 0 unspecified atom stereocenters. The predicted octanol–water partition coefficient (Wildman–Crippen LogP) is 2.50. The van der Waals surface area contributed by atoms with Crippen molar-refractivity contribution in [2.24, 2.45) is 4.99 Å². The summed E-state index contributed by atoms with van der Waals surface area (Å²) in [6.45, 7) is 5.48. The van der Waals surface area contributed by atoms with Crippen LogP contribution in [0, 0.1) is 10.1 Å². The summed E-state index contributed by atoms with van der Waals surface area (Å²) in [5, 5.41) is 11.2.